The van der Waals surface area contributed by atoms with Crippen molar-refractivity contribution in [3.8, 4) is 0 Å². The number of hydrogen-bond acceptors (Lipinski definition) is 2. The summed E-state index contributed by atoms with van der Waals surface area (Å²) >= 11 is 6.10. The molecule has 1 aromatic carbocycles. The predicted molar refractivity (Wildman–Crippen MR) is 87.3 cm³/mol. The Morgan fingerprint density at radius 1 is 1.35 bits per heavy atom. The van der Waals surface area contributed by atoms with E-state index in [9.17, 15) is 0 Å². The van der Waals surface area contributed by atoms with Crippen LogP contribution in [0.25, 0.3) is 0 Å². The van der Waals surface area contributed by atoms with Crippen LogP contribution in [-0.4, -0.2) is 31.1 Å². The summed E-state index contributed by atoms with van der Waals surface area (Å²) in [4.78, 5) is 2.67. The molecule has 1 saturated carbocycles. The predicted octanol–water partition coefficient (Wildman–Crippen LogP) is 4.11. The first-order valence-electron chi connectivity index (χ1n) is 7.77. The highest BCUT2D eigenvalue weighted by atomic mass is 35.5. The van der Waals surface area contributed by atoms with E-state index in [0.29, 0.717) is 6.04 Å². The molecule has 0 amide bonds. The van der Waals surface area contributed by atoms with Crippen LogP contribution in [0.2, 0.25) is 5.02 Å². The van der Waals surface area contributed by atoms with Crippen molar-refractivity contribution in [1.82, 2.24) is 10.2 Å². The molecule has 0 heterocycles. The number of halogens is 1. The quantitative estimate of drug-likeness (QED) is 0.776. The minimum Gasteiger partial charge on any atom is -0.313 e. The molecule has 2 nitrogen and oxygen atoms in total. The molecule has 1 aromatic rings. The van der Waals surface area contributed by atoms with E-state index >= 15 is 0 Å². The van der Waals surface area contributed by atoms with E-state index in [-0.39, 0.29) is 0 Å². The summed E-state index contributed by atoms with van der Waals surface area (Å²) in [5.74, 6) is 0.745. The molecule has 1 unspecified atom stereocenters. The van der Waals surface area contributed by atoms with Crippen molar-refractivity contribution in [2.24, 2.45) is 5.92 Å². The molecule has 1 aliphatic rings. The first-order valence-corrected chi connectivity index (χ1v) is 8.14. The topological polar surface area (TPSA) is 15.3 Å². The summed E-state index contributed by atoms with van der Waals surface area (Å²) in [5.41, 5.74) is 1.29. The van der Waals surface area contributed by atoms with Crippen molar-refractivity contribution in [3.05, 3.63) is 34.9 Å². The Kier molecular flexibility index (Phi) is 5.88. The van der Waals surface area contributed by atoms with Gasteiger partial charge in [-0.05, 0) is 49.9 Å². The SMILES string of the molecule is CNC(CCN(CC(C)C)C1CC1)c1cccc(Cl)c1. The van der Waals surface area contributed by atoms with Gasteiger partial charge < -0.3 is 10.2 Å². The normalized spacial score (nSPS) is 16.9. The zero-order valence-electron chi connectivity index (χ0n) is 12.9. The molecule has 1 aliphatic carbocycles. The van der Waals surface area contributed by atoms with Gasteiger partial charge in [-0.25, -0.2) is 0 Å². The Morgan fingerprint density at radius 2 is 2.10 bits per heavy atom. The maximum atomic E-state index is 6.10. The van der Waals surface area contributed by atoms with Crippen LogP contribution in [0, 0.1) is 5.92 Å². The largest absolute Gasteiger partial charge is 0.313 e. The monoisotopic (exact) mass is 294 g/mol. The molecular weight excluding hydrogens is 268 g/mol. The van der Waals surface area contributed by atoms with E-state index in [1.165, 1.54) is 31.5 Å². The smallest absolute Gasteiger partial charge is 0.0409 e. The summed E-state index contributed by atoms with van der Waals surface area (Å²) in [6.07, 6.45) is 3.91. The number of benzene rings is 1. The van der Waals surface area contributed by atoms with Crippen LogP contribution < -0.4 is 5.32 Å². The lowest BCUT2D eigenvalue weighted by Gasteiger charge is -2.26. The second-order valence-electron chi connectivity index (χ2n) is 6.30. The van der Waals surface area contributed by atoms with Crippen molar-refractivity contribution < 1.29 is 0 Å². The Hall–Kier alpha value is -0.570. The van der Waals surface area contributed by atoms with Gasteiger partial charge in [-0.15, -0.1) is 0 Å². The molecule has 1 N–H and O–H groups in total. The van der Waals surface area contributed by atoms with Gasteiger partial charge in [0.1, 0.15) is 0 Å². The van der Waals surface area contributed by atoms with Gasteiger partial charge in [-0.3, -0.25) is 0 Å². The Balaban J connectivity index is 1.92. The van der Waals surface area contributed by atoms with Gasteiger partial charge in [0.15, 0.2) is 0 Å². The van der Waals surface area contributed by atoms with Crippen LogP contribution in [0.1, 0.15) is 44.7 Å². The first-order chi connectivity index (χ1) is 9.60. The molecule has 2 rings (SSSR count). The second-order valence-corrected chi connectivity index (χ2v) is 6.74. The summed E-state index contributed by atoms with van der Waals surface area (Å²) < 4.78 is 0. The van der Waals surface area contributed by atoms with E-state index < -0.39 is 0 Å². The summed E-state index contributed by atoms with van der Waals surface area (Å²) in [6, 6.07) is 9.45. The van der Waals surface area contributed by atoms with Crippen LogP contribution in [-0.2, 0) is 0 Å². The molecule has 1 fully saturated rings. The second kappa shape index (κ2) is 7.44. The third kappa shape index (κ3) is 4.76. The fraction of sp³-hybridized carbons (Fsp3) is 0.647. The van der Waals surface area contributed by atoms with Crippen molar-refractivity contribution in [1.29, 1.82) is 0 Å². The fourth-order valence-corrected chi connectivity index (χ4v) is 3.03. The van der Waals surface area contributed by atoms with E-state index in [2.05, 4.69) is 36.2 Å². The van der Waals surface area contributed by atoms with Gasteiger partial charge >= 0.3 is 0 Å². The van der Waals surface area contributed by atoms with Crippen LogP contribution in [0.3, 0.4) is 0 Å². The van der Waals surface area contributed by atoms with Gasteiger partial charge in [-0.2, -0.15) is 0 Å². The first kappa shape index (κ1) is 15.8. The molecule has 0 aliphatic heterocycles. The molecule has 20 heavy (non-hydrogen) atoms. The number of rotatable bonds is 8. The van der Waals surface area contributed by atoms with Gasteiger partial charge in [0.05, 0.1) is 0 Å². The minimum absolute atomic E-state index is 0.391. The fourth-order valence-electron chi connectivity index (χ4n) is 2.83. The lowest BCUT2D eigenvalue weighted by atomic mass is 10.0. The highest BCUT2D eigenvalue weighted by Gasteiger charge is 2.29. The van der Waals surface area contributed by atoms with Crippen molar-refractivity contribution in [3.63, 3.8) is 0 Å². The number of nitrogens with one attached hydrogen (secondary N) is 1. The lowest BCUT2D eigenvalue weighted by molar-refractivity contribution is 0.223. The molecule has 112 valence electrons. The zero-order chi connectivity index (χ0) is 14.5. The van der Waals surface area contributed by atoms with Gasteiger partial charge in [0.25, 0.3) is 0 Å². The molecule has 3 heteroatoms. The van der Waals surface area contributed by atoms with Crippen LogP contribution in [0.15, 0.2) is 24.3 Å². The summed E-state index contributed by atoms with van der Waals surface area (Å²) in [6.45, 7) is 7.00. The lowest BCUT2D eigenvalue weighted by Crippen LogP contribution is -2.33. The van der Waals surface area contributed by atoms with E-state index in [1.807, 2.05) is 19.2 Å². The average molecular weight is 295 g/mol. The standard InChI is InChI=1S/C17H27ClN2/c1-13(2)12-20(16-7-8-16)10-9-17(19-3)14-5-4-6-15(18)11-14/h4-6,11,13,16-17,19H,7-10,12H2,1-3H3. The Labute approximate surface area is 128 Å². The third-order valence-electron chi connectivity index (χ3n) is 3.97. The molecule has 0 spiro atoms. The summed E-state index contributed by atoms with van der Waals surface area (Å²) in [5, 5.41) is 4.25. The van der Waals surface area contributed by atoms with Gasteiger partial charge in [0, 0.05) is 30.2 Å². The Bertz CT molecular complexity index is 415. The molecule has 0 bridgehead atoms. The van der Waals surface area contributed by atoms with Gasteiger partial charge in [-0.1, -0.05) is 37.6 Å². The van der Waals surface area contributed by atoms with E-state index in [4.69, 9.17) is 11.6 Å². The molecule has 0 radical (unpaired) electrons. The number of nitrogens with zero attached hydrogens (tertiary/aromatic N) is 1. The molecule has 1 atom stereocenters. The molecule has 0 aromatic heterocycles. The van der Waals surface area contributed by atoms with E-state index in [1.54, 1.807) is 0 Å². The van der Waals surface area contributed by atoms with Crippen LogP contribution in [0.5, 0.6) is 0 Å². The van der Waals surface area contributed by atoms with Crippen LogP contribution >= 0.6 is 11.6 Å². The van der Waals surface area contributed by atoms with Crippen molar-refractivity contribution in [2.75, 3.05) is 20.1 Å². The molecule has 0 saturated heterocycles. The minimum atomic E-state index is 0.391. The van der Waals surface area contributed by atoms with Gasteiger partial charge in [0.2, 0.25) is 0 Å². The maximum absolute atomic E-state index is 6.10. The highest BCUT2D eigenvalue weighted by molar-refractivity contribution is 6.30. The molecular formula is C17H27ClN2. The third-order valence-corrected chi connectivity index (χ3v) is 4.20. The Morgan fingerprint density at radius 3 is 2.65 bits per heavy atom. The van der Waals surface area contributed by atoms with Crippen molar-refractivity contribution in [2.45, 2.75) is 45.2 Å². The van der Waals surface area contributed by atoms with E-state index in [0.717, 1.165) is 23.4 Å². The van der Waals surface area contributed by atoms with Crippen molar-refractivity contribution >= 4 is 11.6 Å². The summed E-state index contributed by atoms with van der Waals surface area (Å²) in [7, 11) is 2.04. The maximum Gasteiger partial charge on any atom is 0.0409 e. The van der Waals surface area contributed by atoms with Crippen LogP contribution in [0.4, 0.5) is 0 Å². The average Bonchev–Trinajstić information content (AvgIpc) is 3.22. The number of hydrogen-bond donors (Lipinski definition) is 1. The highest BCUT2D eigenvalue weighted by Crippen LogP contribution is 2.29. The zero-order valence-corrected chi connectivity index (χ0v) is 13.7.